The van der Waals surface area contributed by atoms with Crippen LogP contribution in [0.4, 0.5) is 0 Å². The van der Waals surface area contributed by atoms with Gasteiger partial charge in [-0.05, 0) is 55.2 Å². The molecule has 0 unspecified atom stereocenters. The van der Waals surface area contributed by atoms with Crippen molar-refractivity contribution >= 4 is 21.9 Å². The molecule has 0 aromatic heterocycles. The second-order valence-corrected chi connectivity index (χ2v) is 7.25. The lowest BCUT2D eigenvalue weighted by molar-refractivity contribution is -0.131. The molecule has 1 aromatic carbocycles. The Bertz CT molecular complexity index is 621. The molecule has 6 heteroatoms. The summed E-state index contributed by atoms with van der Waals surface area (Å²) in [5, 5.41) is 8.62. The van der Waals surface area contributed by atoms with Crippen molar-refractivity contribution in [1.82, 2.24) is 0 Å². The number of hydrogen-bond donors (Lipinski definition) is 1. The molecule has 21 heavy (non-hydrogen) atoms. The second-order valence-electron chi connectivity index (χ2n) is 4.99. The molecule has 0 amide bonds. The molecular weight excluding hydrogens is 292 g/mol. The van der Waals surface area contributed by atoms with Crippen molar-refractivity contribution in [2.75, 3.05) is 18.6 Å². The monoisotopic (exact) mass is 312 g/mol. The zero-order chi connectivity index (χ0) is 16.0. The van der Waals surface area contributed by atoms with E-state index in [9.17, 15) is 13.2 Å². The van der Waals surface area contributed by atoms with Crippen LogP contribution in [0.5, 0.6) is 5.75 Å². The molecule has 0 saturated carbocycles. The molecule has 0 atom stereocenters. The number of aryl methyl sites for hydroxylation is 2. The predicted molar refractivity (Wildman–Crippen MR) is 82.4 cm³/mol. The average molecular weight is 312 g/mol. The van der Waals surface area contributed by atoms with Crippen LogP contribution < -0.4 is 4.74 Å². The van der Waals surface area contributed by atoms with Crippen molar-refractivity contribution in [3.05, 3.63) is 34.9 Å². The minimum absolute atomic E-state index is 0.102. The Morgan fingerprint density at radius 1 is 1.29 bits per heavy atom. The Morgan fingerprint density at radius 3 is 2.33 bits per heavy atom. The van der Waals surface area contributed by atoms with Gasteiger partial charge in [0.1, 0.15) is 15.6 Å². The molecule has 116 valence electrons. The van der Waals surface area contributed by atoms with Gasteiger partial charge in [0.25, 0.3) is 0 Å². The number of carboxylic acids is 1. The number of rotatable bonds is 7. The molecule has 0 aliphatic carbocycles. The fraction of sp³-hybridized carbons (Fsp3) is 0.400. The van der Waals surface area contributed by atoms with E-state index in [-0.39, 0.29) is 5.75 Å². The smallest absolute Gasteiger partial charge is 0.328 e. The van der Waals surface area contributed by atoms with Gasteiger partial charge in [-0.3, -0.25) is 0 Å². The Hall–Kier alpha value is -1.82. The highest BCUT2D eigenvalue weighted by molar-refractivity contribution is 7.90. The van der Waals surface area contributed by atoms with Gasteiger partial charge < -0.3 is 9.84 Å². The summed E-state index contributed by atoms with van der Waals surface area (Å²) < 4.78 is 27.7. The topological polar surface area (TPSA) is 80.7 Å². The van der Waals surface area contributed by atoms with Crippen LogP contribution in [0, 0.1) is 13.8 Å². The predicted octanol–water partition coefficient (Wildman–Crippen LogP) is 2.21. The summed E-state index contributed by atoms with van der Waals surface area (Å²) in [7, 11) is -2.97. The Morgan fingerprint density at radius 2 is 1.86 bits per heavy atom. The molecular formula is C15H20O5S. The first kappa shape index (κ1) is 17.2. The number of carboxylic acid groups (broad SMARTS) is 1. The Balaban J connectivity index is 2.74. The first-order chi connectivity index (χ1) is 9.69. The third kappa shape index (κ3) is 6.44. The maximum atomic E-state index is 11.0. The molecule has 0 heterocycles. The van der Waals surface area contributed by atoms with E-state index in [0.29, 0.717) is 13.0 Å². The summed E-state index contributed by atoms with van der Waals surface area (Å²) in [4.78, 5) is 10.5. The fourth-order valence-corrected chi connectivity index (χ4v) is 2.61. The van der Waals surface area contributed by atoms with Crippen LogP contribution in [0.3, 0.4) is 0 Å². The number of carbonyl (C=O) groups is 1. The largest absolute Gasteiger partial charge is 0.493 e. The van der Waals surface area contributed by atoms with Gasteiger partial charge in [0, 0.05) is 12.3 Å². The molecule has 0 fully saturated rings. The van der Waals surface area contributed by atoms with E-state index in [0.717, 1.165) is 28.5 Å². The maximum Gasteiger partial charge on any atom is 0.328 e. The first-order valence-corrected chi connectivity index (χ1v) is 8.58. The highest BCUT2D eigenvalue weighted by Crippen LogP contribution is 2.25. The van der Waals surface area contributed by atoms with E-state index in [4.69, 9.17) is 9.84 Å². The van der Waals surface area contributed by atoms with Crippen LogP contribution >= 0.6 is 0 Å². The third-order valence-electron chi connectivity index (χ3n) is 2.81. The molecule has 5 nitrogen and oxygen atoms in total. The zero-order valence-electron chi connectivity index (χ0n) is 12.4. The van der Waals surface area contributed by atoms with Gasteiger partial charge in [-0.15, -0.1) is 0 Å². The average Bonchev–Trinajstić information content (AvgIpc) is 2.33. The molecule has 0 aliphatic rings. The highest BCUT2D eigenvalue weighted by atomic mass is 32.2. The van der Waals surface area contributed by atoms with E-state index in [1.807, 2.05) is 26.0 Å². The highest BCUT2D eigenvalue weighted by Gasteiger charge is 2.07. The van der Waals surface area contributed by atoms with Crippen LogP contribution in [0.15, 0.2) is 18.2 Å². The molecule has 1 N–H and O–H groups in total. The van der Waals surface area contributed by atoms with Gasteiger partial charge in [0.15, 0.2) is 0 Å². The van der Waals surface area contributed by atoms with Gasteiger partial charge in [-0.2, -0.15) is 0 Å². The van der Waals surface area contributed by atoms with E-state index in [2.05, 4.69) is 0 Å². The lowest BCUT2D eigenvalue weighted by Gasteiger charge is -2.13. The maximum absolute atomic E-state index is 11.0. The van der Waals surface area contributed by atoms with Crippen molar-refractivity contribution in [3.8, 4) is 5.75 Å². The Kier molecular flexibility index (Phi) is 5.96. The summed E-state index contributed by atoms with van der Waals surface area (Å²) in [5.74, 6) is -0.174. The van der Waals surface area contributed by atoms with E-state index in [1.165, 1.54) is 12.3 Å². The number of hydrogen-bond acceptors (Lipinski definition) is 4. The molecule has 0 saturated heterocycles. The van der Waals surface area contributed by atoms with E-state index < -0.39 is 15.8 Å². The number of aliphatic carboxylic acids is 1. The van der Waals surface area contributed by atoms with Gasteiger partial charge >= 0.3 is 5.97 Å². The first-order valence-electron chi connectivity index (χ1n) is 6.52. The summed E-state index contributed by atoms with van der Waals surface area (Å²) in [5.41, 5.74) is 2.56. The number of benzene rings is 1. The number of ether oxygens (including phenoxy) is 1. The summed E-state index contributed by atoms with van der Waals surface area (Å²) >= 11 is 0. The van der Waals surface area contributed by atoms with Crippen molar-refractivity contribution in [1.29, 1.82) is 0 Å². The number of sulfone groups is 1. The van der Waals surface area contributed by atoms with Crippen LogP contribution in [0.1, 0.15) is 23.1 Å². The van der Waals surface area contributed by atoms with Crippen LogP contribution in [0.2, 0.25) is 0 Å². The lowest BCUT2D eigenvalue weighted by Crippen LogP contribution is -2.09. The summed E-state index contributed by atoms with van der Waals surface area (Å²) in [6, 6.07) is 3.66. The SMILES string of the molecule is Cc1cc(C=CC(=O)O)cc(C)c1OCCCS(C)(=O)=O. The van der Waals surface area contributed by atoms with Crippen molar-refractivity contribution in [2.24, 2.45) is 0 Å². The van der Waals surface area contributed by atoms with Crippen molar-refractivity contribution in [3.63, 3.8) is 0 Å². The summed E-state index contributed by atoms with van der Waals surface area (Å²) in [6.45, 7) is 4.08. The van der Waals surface area contributed by atoms with Crippen LogP contribution in [-0.2, 0) is 14.6 Å². The van der Waals surface area contributed by atoms with Gasteiger partial charge in [0.05, 0.1) is 12.4 Å². The molecule has 1 aromatic rings. The normalized spacial score (nSPS) is 11.8. The van der Waals surface area contributed by atoms with E-state index in [1.54, 1.807) is 0 Å². The standard InChI is InChI=1S/C15H20O5S/c1-11-9-13(5-6-14(16)17)10-12(2)15(11)20-7-4-8-21(3,18)19/h5-6,9-10H,4,7-8H2,1-3H3,(H,16,17). The molecule has 0 bridgehead atoms. The second kappa shape index (κ2) is 7.26. The zero-order valence-corrected chi connectivity index (χ0v) is 13.2. The van der Waals surface area contributed by atoms with Gasteiger partial charge in [0.2, 0.25) is 0 Å². The minimum Gasteiger partial charge on any atom is -0.493 e. The molecule has 1 rings (SSSR count). The lowest BCUT2D eigenvalue weighted by atomic mass is 10.1. The molecule has 0 aliphatic heterocycles. The van der Waals surface area contributed by atoms with Crippen molar-refractivity contribution in [2.45, 2.75) is 20.3 Å². The molecule has 0 radical (unpaired) electrons. The van der Waals surface area contributed by atoms with Gasteiger partial charge in [-0.1, -0.05) is 0 Å². The third-order valence-corrected chi connectivity index (χ3v) is 3.84. The van der Waals surface area contributed by atoms with Crippen molar-refractivity contribution < 1.29 is 23.1 Å². The minimum atomic E-state index is -2.97. The summed E-state index contributed by atoms with van der Waals surface area (Å²) in [6.07, 6.45) is 4.25. The van der Waals surface area contributed by atoms with Crippen LogP contribution in [0.25, 0.3) is 6.08 Å². The van der Waals surface area contributed by atoms with E-state index >= 15 is 0 Å². The quantitative estimate of drug-likeness (QED) is 0.617. The van der Waals surface area contributed by atoms with Gasteiger partial charge in [-0.25, -0.2) is 13.2 Å². The molecule has 0 spiro atoms. The fourth-order valence-electron chi connectivity index (χ4n) is 1.97. The Labute approximate surface area is 125 Å². The van der Waals surface area contributed by atoms with Crippen LogP contribution in [-0.4, -0.2) is 38.1 Å².